The van der Waals surface area contributed by atoms with E-state index in [0.29, 0.717) is 11.5 Å². The van der Waals surface area contributed by atoms with E-state index in [9.17, 15) is 22.7 Å². The number of ketones is 1. The molecular weight excluding hydrogens is 535 g/mol. The van der Waals surface area contributed by atoms with Crippen molar-refractivity contribution in [2.24, 2.45) is 11.1 Å². The van der Waals surface area contributed by atoms with E-state index < -0.39 is 41.1 Å². The second kappa shape index (κ2) is 10.8. The van der Waals surface area contributed by atoms with E-state index in [1.54, 1.807) is 0 Å². The van der Waals surface area contributed by atoms with Crippen molar-refractivity contribution in [1.82, 2.24) is 9.97 Å². The van der Waals surface area contributed by atoms with Crippen LogP contribution in [0.1, 0.15) is 49.3 Å². The molecule has 38 heavy (non-hydrogen) atoms. The summed E-state index contributed by atoms with van der Waals surface area (Å²) >= 11 is 1.34. The Morgan fingerprint density at radius 1 is 1.34 bits per heavy atom. The van der Waals surface area contributed by atoms with Crippen molar-refractivity contribution in [3.63, 3.8) is 0 Å². The molecule has 5 rings (SSSR count). The largest absolute Gasteiger partial charge is 0.390 e. The fourth-order valence-electron chi connectivity index (χ4n) is 5.02. The number of aliphatic hydroxyl groups is 1. The average molecular weight is 563 g/mol. The van der Waals surface area contributed by atoms with Crippen LogP contribution in [0.25, 0.3) is 0 Å². The number of fused-ring (bicyclic) bond motifs is 1. The lowest BCUT2D eigenvalue weighted by Crippen LogP contribution is -2.33. The number of halogens is 1. The van der Waals surface area contributed by atoms with Crippen LogP contribution in [-0.4, -0.2) is 60.8 Å². The van der Waals surface area contributed by atoms with Crippen LogP contribution >= 0.6 is 11.3 Å². The lowest BCUT2D eigenvalue weighted by molar-refractivity contribution is 0.0501. The standard InChI is InChI=1S/C25H27FN4O6S2/c1-13-17(24-16-5-3-2-4-14(16)6-7-35-24)9-20(37-13)23(32)18-10-28-12-29-25(18)30-19-8-15(22(31)21(19)26)11-36-38(27,33)34/h2-5,9-10,12,15,19,21-22,24,31H,6-8,11H2,1H3,(H2,27,33,34)(H,28,29,30)/t15-,19-,21-,22-,24+/m1/s1. The van der Waals surface area contributed by atoms with Gasteiger partial charge in [0.05, 0.1) is 35.8 Å². The van der Waals surface area contributed by atoms with Gasteiger partial charge in [0.25, 0.3) is 0 Å². The fraction of sp³-hybridized carbons (Fsp3) is 0.400. The van der Waals surface area contributed by atoms with Crippen LogP contribution in [0.4, 0.5) is 10.2 Å². The highest BCUT2D eigenvalue weighted by Crippen LogP contribution is 2.38. The maximum absolute atomic E-state index is 14.9. The molecule has 1 fully saturated rings. The number of aromatic nitrogens is 2. The first kappa shape index (κ1) is 26.8. The van der Waals surface area contributed by atoms with Gasteiger partial charge in [0.1, 0.15) is 24.4 Å². The Labute approximate surface area is 223 Å². The van der Waals surface area contributed by atoms with Crippen molar-refractivity contribution < 1.29 is 31.6 Å². The molecule has 4 N–H and O–H groups in total. The molecule has 1 aliphatic carbocycles. The second-order valence-corrected chi connectivity index (χ2v) is 11.9. The number of anilines is 1. The molecule has 3 heterocycles. The van der Waals surface area contributed by atoms with Crippen molar-refractivity contribution in [3.8, 4) is 0 Å². The van der Waals surface area contributed by atoms with E-state index in [1.165, 1.54) is 29.4 Å². The Kier molecular flexibility index (Phi) is 7.58. The first-order valence-electron chi connectivity index (χ1n) is 12.0. The fourth-order valence-corrected chi connectivity index (χ4v) is 6.39. The molecule has 5 atom stereocenters. The summed E-state index contributed by atoms with van der Waals surface area (Å²) < 4.78 is 47.7. The number of nitrogens with zero attached hydrogens (tertiary/aromatic N) is 2. The zero-order valence-corrected chi connectivity index (χ0v) is 22.0. The molecule has 0 amide bonds. The summed E-state index contributed by atoms with van der Waals surface area (Å²) in [4.78, 5) is 23.1. The Bertz CT molecular complexity index is 1450. The first-order chi connectivity index (χ1) is 18.1. The van der Waals surface area contributed by atoms with Gasteiger partial charge in [-0.15, -0.1) is 11.3 Å². The van der Waals surface area contributed by atoms with Crippen LogP contribution < -0.4 is 10.5 Å². The highest BCUT2D eigenvalue weighted by molar-refractivity contribution is 7.84. The summed E-state index contributed by atoms with van der Waals surface area (Å²) in [5.74, 6) is -1.04. The maximum atomic E-state index is 14.9. The Hall–Kier alpha value is -2.81. The zero-order valence-electron chi connectivity index (χ0n) is 20.4. The number of nitrogens with two attached hydrogens (primary N) is 1. The van der Waals surface area contributed by atoms with Gasteiger partial charge in [0.2, 0.25) is 5.78 Å². The average Bonchev–Trinajstić information content (AvgIpc) is 3.41. The van der Waals surface area contributed by atoms with Crippen molar-refractivity contribution in [3.05, 3.63) is 74.9 Å². The number of ether oxygens (including phenoxy) is 1. The number of rotatable bonds is 8. The Morgan fingerprint density at radius 3 is 2.92 bits per heavy atom. The molecule has 13 heteroatoms. The van der Waals surface area contributed by atoms with E-state index in [-0.39, 0.29) is 29.7 Å². The summed E-state index contributed by atoms with van der Waals surface area (Å²) in [6.45, 7) is 2.06. The van der Waals surface area contributed by atoms with Crippen LogP contribution in [-0.2, 0) is 25.6 Å². The number of benzene rings is 1. The summed E-state index contributed by atoms with van der Waals surface area (Å²) in [6, 6.07) is 8.98. The molecule has 0 spiro atoms. The minimum Gasteiger partial charge on any atom is -0.390 e. The van der Waals surface area contributed by atoms with Gasteiger partial charge in [-0.1, -0.05) is 24.3 Å². The number of hydrogen-bond donors (Lipinski definition) is 3. The molecule has 2 aliphatic rings. The molecule has 2 aromatic heterocycles. The van der Waals surface area contributed by atoms with Gasteiger partial charge in [-0.05, 0) is 42.5 Å². The number of carbonyl (C=O) groups is 1. The molecule has 0 unspecified atom stereocenters. The maximum Gasteiger partial charge on any atom is 0.333 e. The van der Waals surface area contributed by atoms with Crippen molar-refractivity contribution in [1.29, 1.82) is 0 Å². The normalized spacial score (nSPS) is 25.2. The molecule has 3 aromatic rings. The SMILES string of the molecule is Cc1sc(C(=O)c2cncnc2N[C@@H]2C[C@H](COS(N)(=O)=O)[C@@H](O)[C@@H]2F)cc1[C@H]1OCCc2ccccc21. The van der Waals surface area contributed by atoms with Gasteiger partial charge in [-0.3, -0.25) is 8.98 Å². The van der Waals surface area contributed by atoms with Crippen LogP contribution in [0.3, 0.4) is 0 Å². The molecule has 1 aromatic carbocycles. The predicted molar refractivity (Wildman–Crippen MR) is 138 cm³/mol. The highest BCUT2D eigenvalue weighted by atomic mass is 32.2. The number of hydrogen-bond acceptors (Lipinski definition) is 10. The molecule has 10 nitrogen and oxygen atoms in total. The molecule has 0 saturated heterocycles. The van der Waals surface area contributed by atoms with E-state index in [4.69, 9.17) is 9.88 Å². The third-order valence-corrected chi connectivity index (χ3v) is 8.46. The molecule has 0 radical (unpaired) electrons. The van der Waals surface area contributed by atoms with Gasteiger partial charge in [-0.25, -0.2) is 19.5 Å². The monoisotopic (exact) mass is 562 g/mol. The molecule has 1 aliphatic heterocycles. The Morgan fingerprint density at radius 2 is 2.13 bits per heavy atom. The topological polar surface area (TPSA) is 154 Å². The minimum absolute atomic E-state index is 0.0379. The molecule has 1 saturated carbocycles. The number of thiophene rings is 1. The van der Waals surface area contributed by atoms with Crippen LogP contribution in [0.5, 0.6) is 0 Å². The highest BCUT2D eigenvalue weighted by Gasteiger charge is 2.44. The van der Waals surface area contributed by atoms with E-state index in [0.717, 1.165) is 22.4 Å². The van der Waals surface area contributed by atoms with Crippen molar-refractivity contribution in [2.45, 2.75) is 44.2 Å². The van der Waals surface area contributed by atoms with Gasteiger partial charge >= 0.3 is 10.3 Å². The number of aryl methyl sites for hydroxylation is 1. The van der Waals surface area contributed by atoms with E-state index >= 15 is 0 Å². The molecular formula is C25H27FN4O6S2. The lowest BCUT2D eigenvalue weighted by atomic mass is 9.93. The van der Waals surface area contributed by atoms with Crippen molar-refractivity contribution in [2.75, 3.05) is 18.5 Å². The van der Waals surface area contributed by atoms with E-state index in [2.05, 4.69) is 25.5 Å². The summed E-state index contributed by atoms with van der Waals surface area (Å²) in [7, 11) is -4.23. The third kappa shape index (κ3) is 5.48. The second-order valence-electron chi connectivity index (χ2n) is 9.39. The first-order valence-corrected chi connectivity index (χ1v) is 14.3. The number of carbonyl (C=O) groups excluding carboxylic acids is 1. The van der Waals surface area contributed by atoms with Gasteiger partial charge in [0, 0.05) is 17.0 Å². The van der Waals surface area contributed by atoms with E-state index in [1.807, 2.05) is 31.2 Å². The predicted octanol–water partition coefficient (Wildman–Crippen LogP) is 2.46. The minimum atomic E-state index is -4.23. The summed E-state index contributed by atoms with van der Waals surface area (Å²) in [5, 5.41) is 18.0. The zero-order chi connectivity index (χ0) is 27.0. The van der Waals surface area contributed by atoms with Crippen LogP contribution in [0.2, 0.25) is 0 Å². The molecule has 0 bridgehead atoms. The quantitative estimate of drug-likeness (QED) is 0.351. The Balaban J connectivity index is 1.36. The van der Waals surface area contributed by atoms with Gasteiger partial charge < -0.3 is 15.2 Å². The number of aliphatic hydroxyl groups excluding tert-OH is 1. The van der Waals surface area contributed by atoms with Gasteiger partial charge in [-0.2, -0.15) is 8.42 Å². The van der Waals surface area contributed by atoms with Crippen LogP contribution in [0.15, 0.2) is 42.9 Å². The third-order valence-electron chi connectivity index (χ3n) is 6.93. The van der Waals surface area contributed by atoms with Crippen LogP contribution in [0, 0.1) is 12.8 Å². The number of nitrogens with one attached hydrogen (secondary N) is 1. The van der Waals surface area contributed by atoms with Crippen molar-refractivity contribution >= 4 is 33.2 Å². The number of alkyl halides is 1. The summed E-state index contributed by atoms with van der Waals surface area (Å²) in [6.07, 6.45) is -0.0337. The molecule has 202 valence electrons. The lowest BCUT2D eigenvalue weighted by Gasteiger charge is -2.26. The summed E-state index contributed by atoms with van der Waals surface area (Å²) in [5.41, 5.74) is 3.37. The smallest absolute Gasteiger partial charge is 0.333 e. The van der Waals surface area contributed by atoms with Gasteiger partial charge in [0.15, 0.2) is 0 Å².